The van der Waals surface area contributed by atoms with Crippen molar-refractivity contribution in [1.82, 2.24) is 0 Å². The Balaban J connectivity index is 2.26. The first-order valence-corrected chi connectivity index (χ1v) is 7.65. The molecular formula is C3H7PS3. The Morgan fingerprint density at radius 2 is 2.57 bits per heavy atom. The molecule has 1 aliphatic rings. The quantitative estimate of drug-likeness (QED) is 0.438. The molecule has 0 saturated carbocycles. The van der Waals surface area contributed by atoms with Crippen LogP contribution >= 0.6 is 40.5 Å². The minimum Gasteiger partial charge on any atom is -0.130 e. The van der Waals surface area contributed by atoms with E-state index < -0.39 is 0 Å². The van der Waals surface area contributed by atoms with Gasteiger partial charge in [0, 0.05) is 11.0 Å². The molecule has 0 aromatic carbocycles. The summed E-state index contributed by atoms with van der Waals surface area (Å²) in [5, 5.41) is 0.855. The summed E-state index contributed by atoms with van der Waals surface area (Å²) in [5.41, 5.74) is 0.0234. The highest BCUT2D eigenvalue weighted by Crippen LogP contribution is 2.71. The molecule has 0 aromatic heterocycles. The predicted molar refractivity (Wildman–Crippen MR) is 45.4 cm³/mol. The molecule has 0 radical (unpaired) electrons. The van der Waals surface area contributed by atoms with Gasteiger partial charge in [0.25, 0.3) is 0 Å². The molecule has 1 rings (SSSR count). The molecule has 0 bridgehead atoms. The lowest BCUT2D eigenvalue weighted by Crippen LogP contribution is -1.88. The summed E-state index contributed by atoms with van der Waals surface area (Å²) < 4.78 is 0. The van der Waals surface area contributed by atoms with Crippen molar-refractivity contribution >= 4 is 40.5 Å². The molecule has 0 spiro atoms. The summed E-state index contributed by atoms with van der Waals surface area (Å²) in [6, 6.07) is 0. The summed E-state index contributed by atoms with van der Waals surface area (Å²) in [6.07, 6.45) is 0. The van der Waals surface area contributed by atoms with Gasteiger partial charge in [0.2, 0.25) is 0 Å². The Morgan fingerprint density at radius 3 is 2.71 bits per heavy atom. The highest BCUT2D eigenvalue weighted by atomic mass is 33.4. The normalized spacial score (nSPS) is 42.0. The van der Waals surface area contributed by atoms with Crippen LogP contribution in [0.1, 0.15) is 6.92 Å². The first kappa shape index (κ1) is 6.60. The molecule has 7 heavy (non-hydrogen) atoms. The molecule has 1 heterocycles. The first-order chi connectivity index (χ1) is 3.29. The molecule has 2 atom stereocenters. The Kier molecular flexibility index (Phi) is 2.70. The van der Waals surface area contributed by atoms with E-state index in [0.29, 0.717) is 0 Å². The van der Waals surface area contributed by atoms with Crippen LogP contribution in [-0.4, -0.2) is 11.0 Å². The molecule has 0 aliphatic carbocycles. The van der Waals surface area contributed by atoms with Gasteiger partial charge in [-0.1, -0.05) is 6.92 Å². The minimum absolute atomic E-state index is 0.0234. The van der Waals surface area contributed by atoms with Crippen LogP contribution in [0.25, 0.3) is 0 Å². The molecule has 1 aliphatic heterocycles. The van der Waals surface area contributed by atoms with Crippen molar-refractivity contribution in [2.75, 3.05) is 5.75 Å². The van der Waals surface area contributed by atoms with E-state index >= 15 is 0 Å². The second-order valence-corrected chi connectivity index (χ2v) is 10.6. The number of hydrogen-bond donors (Lipinski definition) is 1. The molecule has 0 amide bonds. The minimum atomic E-state index is 0.0234. The van der Waals surface area contributed by atoms with Crippen molar-refractivity contribution in [2.45, 2.75) is 12.2 Å². The fourth-order valence-electron chi connectivity index (χ4n) is 0.384. The van der Waals surface area contributed by atoms with E-state index in [9.17, 15) is 0 Å². The van der Waals surface area contributed by atoms with Crippen molar-refractivity contribution in [1.29, 1.82) is 0 Å². The van der Waals surface area contributed by atoms with Gasteiger partial charge in [-0.05, 0) is 0 Å². The van der Waals surface area contributed by atoms with Crippen molar-refractivity contribution in [3.63, 3.8) is 0 Å². The molecule has 1 saturated heterocycles. The molecule has 4 heteroatoms. The summed E-state index contributed by atoms with van der Waals surface area (Å²) >= 11 is 8.35. The number of thiol groups is 1. The molecule has 0 nitrogen and oxygen atoms in total. The third kappa shape index (κ3) is 2.05. The van der Waals surface area contributed by atoms with Crippen molar-refractivity contribution in [2.24, 2.45) is 0 Å². The van der Waals surface area contributed by atoms with Gasteiger partial charge in [-0.3, -0.25) is 0 Å². The van der Waals surface area contributed by atoms with Crippen LogP contribution < -0.4 is 0 Å². The van der Waals surface area contributed by atoms with Crippen LogP contribution in [0.4, 0.5) is 0 Å². The lowest BCUT2D eigenvalue weighted by Gasteiger charge is -1.94. The van der Waals surface area contributed by atoms with Gasteiger partial charge in [0.1, 0.15) is 0 Å². The lowest BCUT2D eigenvalue weighted by atomic mass is 10.6. The van der Waals surface area contributed by atoms with Crippen molar-refractivity contribution < 1.29 is 0 Å². The largest absolute Gasteiger partial charge is 0.130 e. The molecule has 0 aromatic rings. The summed E-state index contributed by atoms with van der Waals surface area (Å²) in [4.78, 5) is 0. The summed E-state index contributed by atoms with van der Waals surface area (Å²) in [5.74, 6) is 1.31. The third-order valence-corrected chi connectivity index (χ3v) is 8.82. The van der Waals surface area contributed by atoms with Gasteiger partial charge >= 0.3 is 0 Å². The van der Waals surface area contributed by atoms with Gasteiger partial charge in [0.15, 0.2) is 0 Å². The zero-order valence-electron chi connectivity index (χ0n) is 4.00. The zero-order chi connectivity index (χ0) is 5.28. The average molecular weight is 170 g/mol. The SMILES string of the molecule is CC1CSP(S)S1. The second kappa shape index (κ2) is 2.86. The van der Waals surface area contributed by atoms with E-state index in [1.165, 1.54) is 5.75 Å². The van der Waals surface area contributed by atoms with E-state index in [0.717, 1.165) is 5.25 Å². The Bertz CT molecular complexity index is 59.2. The predicted octanol–water partition coefficient (Wildman–Crippen LogP) is 3.01. The van der Waals surface area contributed by atoms with Crippen LogP contribution in [0.3, 0.4) is 0 Å². The molecule has 1 fully saturated rings. The average Bonchev–Trinajstić information content (AvgIpc) is 1.87. The zero-order valence-corrected chi connectivity index (χ0v) is 7.42. The smallest absolute Gasteiger partial charge is 0.0700 e. The van der Waals surface area contributed by atoms with Gasteiger partial charge in [0.05, 0.1) is 5.53 Å². The van der Waals surface area contributed by atoms with Crippen LogP contribution in [0.15, 0.2) is 0 Å². The van der Waals surface area contributed by atoms with E-state index in [1.807, 2.05) is 22.8 Å². The van der Waals surface area contributed by atoms with Crippen LogP contribution in [0.2, 0.25) is 0 Å². The van der Waals surface area contributed by atoms with Gasteiger partial charge in [-0.2, -0.15) is 0 Å². The Hall–Kier alpha value is 1.48. The first-order valence-electron chi connectivity index (χ1n) is 2.08. The fraction of sp³-hybridized carbons (Fsp3) is 1.00. The standard InChI is InChI=1S/C3H7PS3/c1-3-2-6-4(5)7-3/h3,5H,2H2,1H3. The van der Waals surface area contributed by atoms with Crippen molar-refractivity contribution in [3.05, 3.63) is 0 Å². The second-order valence-electron chi connectivity index (χ2n) is 1.45. The maximum atomic E-state index is 4.34. The molecule has 0 N–H and O–H groups in total. The van der Waals surface area contributed by atoms with Crippen molar-refractivity contribution in [3.8, 4) is 0 Å². The highest BCUT2D eigenvalue weighted by Gasteiger charge is 2.18. The highest BCUT2D eigenvalue weighted by molar-refractivity contribution is 9.10. The van der Waals surface area contributed by atoms with E-state index in [1.54, 1.807) is 0 Å². The maximum Gasteiger partial charge on any atom is 0.0700 e. The van der Waals surface area contributed by atoms with Gasteiger partial charge in [-0.15, -0.1) is 35.0 Å². The van der Waals surface area contributed by atoms with Gasteiger partial charge in [-0.25, -0.2) is 0 Å². The van der Waals surface area contributed by atoms with Gasteiger partial charge < -0.3 is 0 Å². The number of hydrogen-bond acceptors (Lipinski definition) is 3. The summed E-state index contributed by atoms with van der Waals surface area (Å²) in [7, 11) is 0. The number of rotatable bonds is 0. The van der Waals surface area contributed by atoms with E-state index in [2.05, 4.69) is 19.2 Å². The monoisotopic (exact) mass is 170 g/mol. The topological polar surface area (TPSA) is 0 Å². The molecular weight excluding hydrogens is 163 g/mol. The molecule has 2 unspecified atom stereocenters. The lowest BCUT2D eigenvalue weighted by molar-refractivity contribution is 1.15. The summed E-state index contributed by atoms with van der Waals surface area (Å²) in [6.45, 7) is 2.26. The molecule has 42 valence electrons. The van der Waals surface area contributed by atoms with E-state index in [4.69, 9.17) is 0 Å². The van der Waals surface area contributed by atoms with Crippen LogP contribution in [-0.2, 0) is 0 Å². The fourth-order valence-corrected chi connectivity index (χ4v) is 9.01. The van der Waals surface area contributed by atoms with E-state index in [-0.39, 0.29) is 5.53 Å². The van der Waals surface area contributed by atoms with Crippen LogP contribution in [0.5, 0.6) is 0 Å². The van der Waals surface area contributed by atoms with Crippen LogP contribution in [0, 0.1) is 0 Å². The third-order valence-electron chi connectivity index (χ3n) is 0.690. The Labute approximate surface area is 58.6 Å². The maximum absolute atomic E-state index is 4.34. The Morgan fingerprint density at radius 1 is 1.86 bits per heavy atom.